The molecule has 3 heteroatoms. The molecule has 1 N–H and O–H groups in total. The molecule has 88 valence electrons. The van der Waals surface area contributed by atoms with Crippen LogP contribution in [0.1, 0.15) is 11.1 Å². The van der Waals surface area contributed by atoms with Crippen LogP contribution >= 0.6 is 0 Å². The third-order valence-corrected chi connectivity index (χ3v) is 2.68. The lowest BCUT2D eigenvalue weighted by atomic mass is 10.2. The zero-order chi connectivity index (χ0) is 12.1. The van der Waals surface area contributed by atoms with E-state index in [1.165, 1.54) is 11.1 Å². The summed E-state index contributed by atoms with van der Waals surface area (Å²) in [7, 11) is 1.67. The van der Waals surface area contributed by atoms with Gasteiger partial charge < -0.3 is 10.1 Å². The molecule has 1 heterocycles. The van der Waals surface area contributed by atoms with Gasteiger partial charge in [0.2, 0.25) is 0 Å². The van der Waals surface area contributed by atoms with Crippen molar-refractivity contribution >= 4 is 5.69 Å². The summed E-state index contributed by atoms with van der Waals surface area (Å²) in [4.78, 5) is 4.10. The second kappa shape index (κ2) is 5.34. The van der Waals surface area contributed by atoms with Crippen molar-refractivity contribution in [1.29, 1.82) is 0 Å². The van der Waals surface area contributed by atoms with E-state index >= 15 is 0 Å². The van der Waals surface area contributed by atoms with Crippen LogP contribution in [0.5, 0.6) is 5.75 Å². The first-order chi connectivity index (χ1) is 8.29. The van der Waals surface area contributed by atoms with Gasteiger partial charge in [-0.2, -0.15) is 0 Å². The Morgan fingerprint density at radius 1 is 1.18 bits per heavy atom. The number of aryl methyl sites for hydroxylation is 1. The Balaban J connectivity index is 2.00. The minimum Gasteiger partial charge on any atom is -0.497 e. The number of benzene rings is 1. The van der Waals surface area contributed by atoms with Gasteiger partial charge in [0.05, 0.1) is 19.0 Å². The van der Waals surface area contributed by atoms with Crippen molar-refractivity contribution in [2.45, 2.75) is 13.5 Å². The van der Waals surface area contributed by atoms with Crippen LogP contribution in [0.2, 0.25) is 0 Å². The van der Waals surface area contributed by atoms with Gasteiger partial charge in [-0.15, -0.1) is 0 Å². The molecule has 0 fully saturated rings. The molecule has 2 rings (SSSR count). The van der Waals surface area contributed by atoms with Crippen molar-refractivity contribution in [3.63, 3.8) is 0 Å². The van der Waals surface area contributed by atoms with Crippen LogP contribution in [0.25, 0.3) is 0 Å². The molecule has 0 saturated carbocycles. The molecular weight excluding hydrogens is 212 g/mol. The average molecular weight is 228 g/mol. The number of anilines is 1. The lowest BCUT2D eigenvalue weighted by Crippen LogP contribution is -2.01. The molecule has 0 unspecified atom stereocenters. The summed E-state index contributed by atoms with van der Waals surface area (Å²) < 4.78 is 5.12. The first-order valence-corrected chi connectivity index (χ1v) is 5.57. The standard InChI is InChI=1S/C14H16N2O/c1-11-7-8-15-10-14(11)16-9-12-3-5-13(17-2)6-4-12/h3-8,10,16H,9H2,1-2H3. The van der Waals surface area contributed by atoms with E-state index in [2.05, 4.69) is 29.4 Å². The maximum Gasteiger partial charge on any atom is 0.118 e. The summed E-state index contributed by atoms with van der Waals surface area (Å²) >= 11 is 0. The molecule has 1 aromatic heterocycles. The molecule has 0 bridgehead atoms. The molecule has 0 aliphatic rings. The van der Waals surface area contributed by atoms with Crippen LogP contribution in [-0.2, 0) is 6.54 Å². The number of pyridine rings is 1. The molecule has 0 aliphatic heterocycles. The maximum atomic E-state index is 5.12. The predicted molar refractivity (Wildman–Crippen MR) is 69.3 cm³/mol. The monoisotopic (exact) mass is 228 g/mol. The first-order valence-electron chi connectivity index (χ1n) is 5.57. The summed E-state index contributed by atoms with van der Waals surface area (Å²) in [5, 5.41) is 3.36. The van der Waals surface area contributed by atoms with Crippen LogP contribution in [0.4, 0.5) is 5.69 Å². The fourth-order valence-corrected chi connectivity index (χ4v) is 1.59. The molecule has 3 nitrogen and oxygen atoms in total. The molecule has 2 aromatic rings. The highest BCUT2D eigenvalue weighted by molar-refractivity contribution is 5.48. The number of methoxy groups -OCH3 is 1. The zero-order valence-corrected chi connectivity index (χ0v) is 10.1. The highest BCUT2D eigenvalue weighted by atomic mass is 16.5. The molecule has 17 heavy (non-hydrogen) atoms. The van der Waals surface area contributed by atoms with E-state index in [9.17, 15) is 0 Å². The topological polar surface area (TPSA) is 34.1 Å². The van der Waals surface area contributed by atoms with Gasteiger partial charge >= 0.3 is 0 Å². The van der Waals surface area contributed by atoms with Gasteiger partial charge in [0.25, 0.3) is 0 Å². The molecule has 0 spiro atoms. The molecule has 0 saturated heterocycles. The Morgan fingerprint density at radius 2 is 1.94 bits per heavy atom. The van der Waals surface area contributed by atoms with Crippen LogP contribution in [0, 0.1) is 6.92 Å². The average Bonchev–Trinajstić information content (AvgIpc) is 2.38. The van der Waals surface area contributed by atoms with Crippen molar-refractivity contribution in [3.8, 4) is 5.75 Å². The van der Waals surface area contributed by atoms with Crippen molar-refractivity contribution < 1.29 is 4.74 Å². The number of nitrogens with zero attached hydrogens (tertiary/aromatic N) is 1. The molecule has 0 radical (unpaired) electrons. The largest absolute Gasteiger partial charge is 0.497 e. The van der Waals surface area contributed by atoms with Crippen molar-refractivity contribution in [3.05, 3.63) is 53.9 Å². The van der Waals surface area contributed by atoms with Gasteiger partial charge in [0.1, 0.15) is 5.75 Å². The Hall–Kier alpha value is -2.03. The van der Waals surface area contributed by atoms with Gasteiger partial charge in [-0.3, -0.25) is 4.98 Å². The number of nitrogens with one attached hydrogen (secondary N) is 1. The predicted octanol–water partition coefficient (Wildman–Crippen LogP) is 3.01. The Bertz CT molecular complexity index is 480. The van der Waals surface area contributed by atoms with Gasteiger partial charge in [-0.05, 0) is 36.2 Å². The third-order valence-electron chi connectivity index (χ3n) is 2.68. The fourth-order valence-electron chi connectivity index (χ4n) is 1.59. The van der Waals surface area contributed by atoms with Gasteiger partial charge in [-0.1, -0.05) is 12.1 Å². The van der Waals surface area contributed by atoms with Crippen molar-refractivity contribution in [2.75, 3.05) is 12.4 Å². The summed E-state index contributed by atoms with van der Waals surface area (Å²) in [5.41, 5.74) is 3.49. The van der Waals surface area contributed by atoms with Gasteiger partial charge in [-0.25, -0.2) is 0 Å². The molecule has 1 aromatic carbocycles. The molecule has 0 amide bonds. The van der Waals surface area contributed by atoms with Crippen LogP contribution in [0.15, 0.2) is 42.7 Å². The minimum atomic E-state index is 0.788. The molecule has 0 atom stereocenters. The SMILES string of the molecule is COc1ccc(CNc2cnccc2C)cc1. The lowest BCUT2D eigenvalue weighted by Gasteiger charge is -2.09. The first kappa shape index (κ1) is 11.5. The Morgan fingerprint density at radius 3 is 2.59 bits per heavy atom. The van der Waals surface area contributed by atoms with Gasteiger partial charge in [0.15, 0.2) is 0 Å². The highest BCUT2D eigenvalue weighted by Crippen LogP contribution is 2.15. The maximum absolute atomic E-state index is 5.12. The second-order valence-electron chi connectivity index (χ2n) is 3.89. The van der Waals surface area contributed by atoms with Crippen LogP contribution < -0.4 is 10.1 Å². The Labute approximate surface area is 101 Å². The Kier molecular flexibility index (Phi) is 3.60. The quantitative estimate of drug-likeness (QED) is 0.873. The summed E-state index contributed by atoms with van der Waals surface area (Å²) in [6.45, 7) is 2.86. The highest BCUT2D eigenvalue weighted by Gasteiger charge is 1.98. The van der Waals surface area contributed by atoms with E-state index in [1.807, 2.05) is 24.4 Å². The van der Waals surface area contributed by atoms with E-state index in [1.54, 1.807) is 13.3 Å². The van der Waals surface area contributed by atoms with E-state index in [4.69, 9.17) is 4.74 Å². The number of aromatic nitrogens is 1. The number of rotatable bonds is 4. The second-order valence-corrected chi connectivity index (χ2v) is 3.89. The third kappa shape index (κ3) is 2.97. The van der Waals surface area contributed by atoms with Crippen molar-refractivity contribution in [1.82, 2.24) is 4.98 Å². The summed E-state index contributed by atoms with van der Waals surface area (Å²) in [5.74, 6) is 0.881. The zero-order valence-electron chi connectivity index (χ0n) is 10.1. The van der Waals surface area contributed by atoms with E-state index in [0.717, 1.165) is 18.0 Å². The number of hydrogen-bond donors (Lipinski definition) is 1. The van der Waals surface area contributed by atoms with Gasteiger partial charge in [0, 0.05) is 12.7 Å². The van der Waals surface area contributed by atoms with Crippen LogP contribution in [-0.4, -0.2) is 12.1 Å². The minimum absolute atomic E-state index is 0.788. The van der Waals surface area contributed by atoms with E-state index in [0.29, 0.717) is 0 Å². The summed E-state index contributed by atoms with van der Waals surface area (Å²) in [6.07, 6.45) is 3.65. The normalized spacial score (nSPS) is 10.0. The van der Waals surface area contributed by atoms with Crippen LogP contribution in [0.3, 0.4) is 0 Å². The lowest BCUT2D eigenvalue weighted by molar-refractivity contribution is 0.414. The molecule has 0 aliphatic carbocycles. The number of hydrogen-bond acceptors (Lipinski definition) is 3. The summed E-state index contributed by atoms with van der Waals surface area (Å²) in [6, 6.07) is 10.0. The molecular formula is C14H16N2O. The number of ether oxygens (including phenoxy) is 1. The smallest absolute Gasteiger partial charge is 0.118 e. The fraction of sp³-hybridized carbons (Fsp3) is 0.214. The van der Waals surface area contributed by atoms with E-state index < -0.39 is 0 Å². The van der Waals surface area contributed by atoms with E-state index in [-0.39, 0.29) is 0 Å². The van der Waals surface area contributed by atoms with Crippen molar-refractivity contribution in [2.24, 2.45) is 0 Å².